The number of amides is 2. The van der Waals surface area contributed by atoms with E-state index in [0.717, 1.165) is 12.8 Å². The smallest absolute Gasteiger partial charge is 0.322 e. The molecule has 4 nitrogen and oxygen atoms in total. The Morgan fingerprint density at radius 3 is 2.79 bits per heavy atom. The molecule has 1 unspecified atom stereocenters. The van der Waals surface area contributed by atoms with Crippen LogP contribution in [-0.2, 0) is 0 Å². The number of likely N-dealkylation sites (tertiary alicyclic amines) is 1. The highest BCUT2D eigenvalue weighted by Gasteiger charge is 2.38. The fraction of sp³-hybridized carbons (Fsp3) is 0.500. The molecular weight excluding hydrogens is 264 g/mol. The van der Waals surface area contributed by atoms with Crippen molar-refractivity contribution in [3.05, 3.63) is 29.3 Å². The summed E-state index contributed by atoms with van der Waals surface area (Å²) in [6, 6.07) is 6.75. The van der Waals surface area contributed by atoms with Gasteiger partial charge < -0.3 is 15.3 Å². The van der Waals surface area contributed by atoms with Gasteiger partial charge in [-0.3, -0.25) is 0 Å². The lowest BCUT2D eigenvalue weighted by Crippen LogP contribution is -2.49. The Hall–Kier alpha value is -1.26. The first kappa shape index (κ1) is 14.2. The predicted octanol–water partition coefficient (Wildman–Crippen LogP) is 3.11. The molecule has 1 saturated heterocycles. The first-order chi connectivity index (χ1) is 8.89. The molecule has 1 aromatic rings. The molecule has 0 spiro atoms. The van der Waals surface area contributed by atoms with Crippen molar-refractivity contribution in [3.8, 4) is 0 Å². The van der Waals surface area contributed by atoms with E-state index in [1.807, 2.05) is 12.1 Å². The Labute approximate surface area is 118 Å². The minimum Gasteiger partial charge on any atom is -0.388 e. The molecule has 2 rings (SSSR count). The second-order valence-electron chi connectivity index (χ2n) is 5.42. The van der Waals surface area contributed by atoms with Crippen LogP contribution in [0.1, 0.15) is 26.7 Å². The summed E-state index contributed by atoms with van der Waals surface area (Å²) in [4.78, 5) is 14.0. The van der Waals surface area contributed by atoms with E-state index < -0.39 is 5.60 Å². The lowest BCUT2D eigenvalue weighted by molar-refractivity contribution is 0.0117. The average Bonchev–Trinajstić information content (AvgIpc) is 2.81. The fourth-order valence-corrected chi connectivity index (χ4v) is 2.68. The quantitative estimate of drug-likeness (QED) is 0.876. The Balaban J connectivity index is 2.10. The van der Waals surface area contributed by atoms with Crippen molar-refractivity contribution in [2.75, 3.05) is 11.9 Å². The lowest BCUT2D eigenvalue weighted by atomic mass is 9.97. The number of halogens is 1. The van der Waals surface area contributed by atoms with Crippen molar-refractivity contribution in [1.82, 2.24) is 4.90 Å². The molecule has 1 aliphatic rings. The number of aliphatic hydroxyl groups is 1. The molecule has 19 heavy (non-hydrogen) atoms. The van der Waals surface area contributed by atoms with Crippen molar-refractivity contribution in [1.29, 1.82) is 0 Å². The number of anilines is 1. The first-order valence-corrected chi connectivity index (χ1v) is 6.82. The highest BCUT2D eigenvalue weighted by Crippen LogP contribution is 2.28. The zero-order valence-electron chi connectivity index (χ0n) is 11.2. The van der Waals surface area contributed by atoms with Crippen molar-refractivity contribution in [2.24, 2.45) is 0 Å². The molecule has 2 amide bonds. The minimum absolute atomic E-state index is 0.157. The summed E-state index contributed by atoms with van der Waals surface area (Å²) in [5.41, 5.74) is -0.301. The van der Waals surface area contributed by atoms with E-state index in [1.165, 1.54) is 0 Å². The van der Waals surface area contributed by atoms with Crippen LogP contribution in [-0.4, -0.2) is 34.2 Å². The van der Waals surface area contributed by atoms with Crippen LogP contribution in [0.2, 0.25) is 5.02 Å². The normalized spacial score (nSPS) is 19.6. The summed E-state index contributed by atoms with van der Waals surface area (Å²) in [6.07, 6.45) is 1.73. The Morgan fingerprint density at radius 1 is 1.47 bits per heavy atom. The van der Waals surface area contributed by atoms with Crippen LogP contribution < -0.4 is 5.32 Å². The molecule has 5 heteroatoms. The monoisotopic (exact) mass is 282 g/mol. The molecule has 1 atom stereocenters. The van der Waals surface area contributed by atoms with Crippen LogP contribution in [0.15, 0.2) is 24.3 Å². The van der Waals surface area contributed by atoms with Gasteiger partial charge in [-0.05, 0) is 38.8 Å². The van der Waals surface area contributed by atoms with E-state index in [4.69, 9.17) is 11.6 Å². The second kappa shape index (κ2) is 5.39. The summed E-state index contributed by atoms with van der Waals surface area (Å²) in [5, 5.41) is 13.4. The van der Waals surface area contributed by atoms with Gasteiger partial charge in [0.1, 0.15) is 0 Å². The molecule has 104 valence electrons. The van der Waals surface area contributed by atoms with Crippen LogP contribution in [0.5, 0.6) is 0 Å². The summed E-state index contributed by atoms with van der Waals surface area (Å²) >= 11 is 6.02. The maximum absolute atomic E-state index is 12.3. The number of hydrogen-bond acceptors (Lipinski definition) is 2. The molecule has 1 aliphatic heterocycles. The zero-order valence-corrected chi connectivity index (χ0v) is 11.9. The maximum atomic E-state index is 12.3. The summed E-state index contributed by atoms with van der Waals surface area (Å²) in [5.74, 6) is 0. The van der Waals surface area contributed by atoms with E-state index in [0.29, 0.717) is 17.3 Å². The molecule has 0 aliphatic carbocycles. The third-order valence-electron chi connectivity index (χ3n) is 3.44. The molecule has 0 saturated carbocycles. The molecular formula is C14H19ClN2O2. The molecule has 0 radical (unpaired) electrons. The SMILES string of the molecule is CC(C)(O)C1CCCN1C(=O)Nc1ccccc1Cl. The number of carbonyl (C=O) groups excluding carboxylic acids is 1. The largest absolute Gasteiger partial charge is 0.388 e. The number of benzene rings is 1. The van der Waals surface area contributed by atoms with Gasteiger partial charge in [0.25, 0.3) is 0 Å². The molecule has 1 fully saturated rings. The minimum atomic E-state index is -0.895. The van der Waals surface area contributed by atoms with Crippen LogP contribution in [0.4, 0.5) is 10.5 Å². The van der Waals surface area contributed by atoms with Gasteiger partial charge in [0.05, 0.1) is 22.4 Å². The topological polar surface area (TPSA) is 52.6 Å². The maximum Gasteiger partial charge on any atom is 0.322 e. The van der Waals surface area contributed by atoms with Crippen LogP contribution in [0, 0.1) is 0 Å². The highest BCUT2D eigenvalue weighted by molar-refractivity contribution is 6.33. The van der Waals surface area contributed by atoms with Gasteiger partial charge in [0, 0.05) is 6.54 Å². The van der Waals surface area contributed by atoms with Crippen molar-refractivity contribution < 1.29 is 9.90 Å². The van der Waals surface area contributed by atoms with Gasteiger partial charge in [-0.1, -0.05) is 23.7 Å². The van der Waals surface area contributed by atoms with Crippen LogP contribution >= 0.6 is 11.6 Å². The van der Waals surface area contributed by atoms with E-state index in [1.54, 1.807) is 30.9 Å². The zero-order chi connectivity index (χ0) is 14.0. The van der Waals surface area contributed by atoms with Gasteiger partial charge in [-0.2, -0.15) is 0 Å². The third-order valence-corrected chi connectivity index (χ3v) is 3.77. The number of para-hydroxylation sites is 1. The van der Waals surface area contributed by atoms with Gasteiger partial charge in [-0.15, -0.1) is 0 Å². The third kappa shape index (κ3) is 3.19. The first-order valence-electron chi connectivity index (χ1n) is 6.44. The summed E-state index contributed by atoms with van der Waals surface area (Å²) in [6.45, 7) is 4.13. The van der Waals surface area contributed by atoms with Crippen LogP contribution in [0.3, 0.4) is 0 Å². The van der Waals surface area contributed by atoms with E-state index >= 15 is 0 Å². The second-order valence-corrected chi connectivity index (χ2v) is 5.82. The number of urea groups is 1. The molecule has 2 N–H and O–H groups in total. The van der Waals surface area contributed by atoms with Crippen LogP contribution in [0.25, 0.3) is 0 Å². The molecule has 1 heterocycles. The van der Waals surface area contributed by atoms with E-state index in [9.17, 15) is 9.90 Å². The number of nitrogens with zero attached hydrogens (tertiary/aromatic N) is 1. The van der Waals surface area contributed by atoms with Gasteiger partial charge in [0.15, 0.2) is 0 Å². The van der Waals surface area contributed by atoms with Gasteiger partial charge >= 0.3 is 6.03 Å². The Morgan fingerprint density at radius 2 is 2.16 bits per heavy atom. The van der Waals surface area contributed by atoms with Crippen molar-refractivity contribution in [2.45, 2.75) is 38.3 Å². The molecule has 0 aromatic heterocycles. The highest BCUT2D eigenvalue weighted by atomic mass is 35.5. The Kier molecular flexibility index (Phi) is 4.02. The van der Waals surface area contributed by atoms with Gasteiger partial charge in [0.2, 0.25) is 0 Å². The number of nitrogens with one attached hydrogen (secondary N) is 1. The molecule has 1 aromatic carbocycles. The van der Waals surface area contributed by atoms with Crippen molar-refractivity contribution in [3.63, 3.8) is 0 Å². The van der Waals surface area contributed by atoms with Crippen molar-refractivity contribution >= 4 is 23.3 Å². The molecule has 0 bridgehead atoms. The standard InChI is InChI=1S/C14H19ClN2O2/c1-14(2,19)12-8-5-9-17(12)13(18)16-11-7-4-3-6-10(11)15/h3-4,6-7,12,19H,5,8-9H2,1-2H3,(H,16,18). The number of carbonyl (C=O) groups is 1. The van der Waals surface area contributed by atoms with E-state index in [2.05, 4.69) is 5.32 Å². The fourth-order valence-electron chi connectivity index (χ4n) is 2.49. The summed E-state index contributed by atoms with van der Waals surface area (Å²) < 4.78 is 0. The van der Waals surface area contributed by atoms with E-state index in [-0.39, 0.29) is 12.1 Å². The number of rotatable bonds is 2. The average molecular weight is 283 g/mol. The summed E-state index contributed by atoms with van der Waals surface area (Å²) in [7, 11) is 0. The number of hydrogen-bond donors (Lipinski definition) is 2. The Bertz CT molecular complexity index is 471. The lowest BCUT2D eigenvalue weighted by Gasteiger charge is -2.33. The predicted molar refractivity (Wildman–Crippen MR) is 76.5 cm³/mol. The van der Waals surface area contributed by atoms with Gasteiger partial charge in [-0.25, -0.2) is 4.79 Å².